The van der Waals surface area contributed by atoms with Crippen LogP contribution in [0.25, 0.3) is 0 Å². The Morgan fingerprint density at radius 3 is 2.40 bits per heavy atom. The van der Waals surface area contributed by atoms with Gasteiger partial charge in [0.05, 0.1) is 7.11 Å². The van der Waals surface area contributed by atoms with Crippen LogP contribution < -0.4 is 0 Å². The minimum absolute atomic E-state index is 0.105. The monoisotopic (exact) mass is 207 g/mol. The predicted molar refractivity (Wildman–Crippen MR) is 54.9 cm³/mol. The first kappa shape index (κ1) is 11.4. The summed E-state index contributed by atoms with van der Waals surface area (Å²) in [5, 5.41) is 0.922. The van der Waals surface area contributed by atoms with E-state index < -0.39 is 11.7 Å². The van der Waals surface area contributed by atoms with Gasteiger partial charge >= 0.3 is 5.91 Å². The van der Waals surface area contributed by atoms with Gasteiger partial charge in [-0.05, 0) is 5.56 Å². The minimum Gasteiger partial charge on any atom is -0.288 e. The van der Waals surface area contributed by atoms with E-state index in [1.807, 2.05) is 18.2 Å². The zero-order valence-corrected chi connectivity index (χ0v) is 8.77. The molecule has 0 aliphatic heterocycles. The Morgan fingerprint density at radius 2 is 1.87 bits per heavy atom. The Bertz CT molecular complexity index is 348. The van der Waals surface area contributed by atoms with Gasteiger partial charge in [-0.25, -0.2) is 5.06 Å². The lowest BCUT2D eigenvalue weighted by molar-refractivity contribution is -0.172. The quantitative estimate of drug-likeness (QED) is 0.542. The zero-order valence-electron chi connectivity index (χ0n) is 8.77. The Morgan fingerprint density at radius 1 is 1.27 bits per heavy atom. The Kier molecular flexibility index (Phi) is 4.00. The normalized spacial score (nSPS) is 9.73. The molecule has 15 heavy (non-hydrogen) atoms. The summed E-state index contributed by atoms with van der Waals surface area (Å²) in [5.74, 6) is -1.12. The number of ketones is 1. The van der Waals surface area contributed by atoms with E-state index in [9.17, 15) is 9.59 Å². The van der Waals surface area contributed by atoms with E-state index in [1.165, 1.54) is 14.2 Å². The summed E-state index contributed by atoms with van der Waals surface area (Å²) in [5.41, 5.74) is 0.820. The molecule has 80 valence electrons. The number of hydroxylamine groups is 2. The highest BCUT2D eigenvalue weighted by molar-refractivity contribution is 6.36. The van der Waals surface area contributed by atoms with Crippen LogP contribution in [0.2, 0.25) is 0 Å². The van der Waals surface area contributed by atoms with E-state index in [0.717, 1.165) is 10.6 Å². The number of carbonyl (C=O) groups is 2. The molecule has 0 aromatic heterocycles. The topological polar surface area (TPSA) is 46.6 Å². The van der Waals surface area contributed by atoms with Crippen LogP contribution in [0.15, 0.2) is 30.3 Å². The molecule has 1 aromatic rings. The fourth-order valence-electron chi connectivity index (χ4n) is 1.12. The Labute approximate surface area is 88.4 Å². The van der Waals surface area contributed by atoms with Crippen molar-refractivity contribution in [2.24, 2.45) is 0 Å². The third kappa shape index (κ3) is 3.18. The largest absolute Gasteiger partial charge is 0.313 e. The number of amides is 1. The van der Waals surface area contributed by atoms with Crippen molar-refractivity contribution in [3.8, 4) is 0 Å². The molecule has 0 saturated carbocycles. The van der Waals surface area contributed by atoms with Crippen LogP contribution in [-0.4, -0.2) is 30.9 Å². The molecule has 0 saturated heterocycles. The van der Waals surface area contributed by atoms with Crippen molar-refractivity contribution in [3.63, 3.8) is 0 Å². The van der Waals surface area contributed by atoms with Gasteiger partial charge in [-0.15, -0.1) is 0 Å². The van der Waals surface area contributed by atoms with E-state index in [2.05, 4.69) is 4.84 Å². The summed E-state index contributed by atoms with van der Waals surface area (Å²) in [6.45, 7) is 0. The van der Waals surface area contributed by atoms with Gasteiger partial charge in [0.1, 0.15) is 0 Å². The molecule has 0 aliphatic carbocycles. The van der Waals surface area contributed by atoms with Crippen LogP contribution in [0.1, 0.15) is 5.56 Å². The fourth-order valence-corrected chi connectivity index (χ4v) is 1.12. The molecule has 0 unspecified atom stereocenters. The van der Waals surface area contributed by atoms with Crippen molar-refractivity contribution in [2.45, 2.75) is 6.42 Å². The molecular weight excluding hydrogens is 194 g/mol. The highest BCUT2D eigenvalue weighted by Gasteiger charge is 2.18. The van der Waals surface area contributed by atoms with E-state index in [0.29, 0.717) is 0 Å². The van der Waals surface area contributed by atoms with Gasteiger partial charge < -0.3 is 0 Å². The number of benzene rings is 1. The highest BCUT2D eigenvalue weighted by atomic mass is 16.7. The first-order chi connectivity index (χ1) is 7.15. The second-order valence-corrected chi connectivity index (χ2v) is 3.07. The molecule has 4 heteroatoms. The summed E-state index contributed by atoms with van der Waals surface area (Å²) < 4.78 is 0. The Balaban J connectivity index is 2.60. The summed E-state index contributed by atoms with van der Waals surface area (Å²) in [6, 6.07) is 9.12. The maximum absolute atomic E-state index is 11.4. The standard InChI is InChI=1S/C11H13NO3/c1-12(15-2)11(14)10(13)8-9-6-4-3-5-7-9/h3-7H,8H2,1-2H3. The van der Waals surface area contributed by atoms with Crippen LogP contribution in [0.3, 0.4) is 0 Å². The zero-order chi connectivity index (χ0) is 11.3. The first-order valence-electron chi connectivity index (χ1n) is 4.54. The van der Waals surface area contributed by atoms with Gasteiger partial charge in [0.25, 0.3) is 0 Å². The van der Waals surface area contributed by atoms with E-state index >= 15 is 0 Å². The van der Waals surface area contributed by atoms with Crippen LogP contribution >= 0.6 is 0 Å². The second-order valence-electron chi connectivity index (χ2n) is 3.07. The van der Waals surface area contributed by atoms with Crippen molar-refractivity contribution in [2.75, 3.05) is 14.2 Å². The number of nitrogens with zero attached hydrogens (tertiary/aromatic N) is 1. The smallest absolute Gasteiger partial charge is 0.288 e. The third-order valence-electron chi connectivity index (χ3n) is 2.01. The fraction of sp³-hybridized carbons (Fsp3) is 0.273. The number of carbonyl (C=O) groups excluding carboxylic acids is 2. The molecule has 1 rings (SSSR count). The molecule has 0 aliphatic rings. The third-order valence-corrected chi connectivity index (χ3v) is 2.01. The average Bonchev–Trinajstić information content (AvgIpc) is 2.28. The molecule has 0 atom stereocenters. The van der Waals surface area contributed by atoms with Crippen molar-refractivity contribution in [1.82, 2.24) is 5.06 Å². The van der Waals surface area contributed by atoms with Gasteiger partial charge in [-0.3, -0.25) is 14.4 Å². The molecule has 1 amide bonds. The van der Waals surface area contributed by atoms with Crippen molar-refractivity contribution in [3.05, 3.63) is 35.9 Å². The number of likely N-dealkylation sites (N-methyl/N-ethyl adjacent to an activating group) is 1. The van der Waals surface area contributed by atoms with E-state index in [1.54, 1.807) is 12.1 Å². The summed E-state index contributed by atoms with van der Waals surface area (Å²) >= 11 is 0. The second kappa shape index (κ2) is 5.26. The predicted octanol–water partition coefficient (Wildman–Crippen LogP) is 0.818. The first-order valence-corrected chi connectivity index (χ1v) is 4.54. The average molecular weight is 207 g/mol. The number of hydrogen-bond acceptors (Lipinski definition) is 3. The molecule has 4 nitrogen and oxygen atoms in total. The summed E-state index contributed by atoms with van der Waals surface area (Å²) in [7, 11) is 2.75. The molecule has 0 fully saturated rings. The lowest BCUT2D eigenvalue weighted by atomic mass is 10.1. The molecule has 0 heterocycles. The molecule has 0 bridgehead atoms. The number of Topliss-reactive ketones (excluding diaryl/α,β-unsaturated/α-hetero) is 1. The maximum atomic E-state index is 11.4. The molecular formula is C11H13NO3. The molecule has 0 radical (unpaired) electrons. The van der Waals surface area contributed by atoms with Crippen molar-refractivity contribution in [1.29, 1.82) is 0 Å². The van der Waals surface area contributed by atoms with Crippen molar-refractivity contribution < 1.29 is 14.4 Å². The molecule has 0 N–H and O–H groups in total. The number of rotatable bonds is 4. The lowest BCUT2D eigenvalue weighted by Gasteiger charge is -2.12. The van der Waals surface area contributed by atoms with Crippen LogP contribution in [-0.2, 0) is 20.8 Å². The van der Waals surface area contributed by atoms with Gasteiger partial charge in [0, 0.05) is 13.5 Å². The van der Waals surface area contributed by atoms with Crippen molar-refractivity contribution >= 4 is 11.7 Å². The highest BCUT2D eigenvalue weighted by Crippen LogP contribution is 2.01. The summed E-state index contributed by atoms with van der Waals surface area (Å²) in [4.78, 5) is 27.4. The Hall–Kier alpha value is -1.68. The SMILES string of the molecule is CON(C)C(=O)C(=O)Cc1ccccc1. The minimum atomic E-state index is -0.638. The van der Waals surface area contributed by atoms with Gasteiger partial charge in [-0.2, -0.15) is 0 Å². The van der Waals surface area contributed by atoms with Crippen LogP contribution in [0.5, 0.6) is 0 Å². The van der Waals surface area contributed by atoms with Gasteiger partial charge in [0.2, 0.25) is 5.78 Å². The van der Waals surface area contributed by atoms with Gasteiger partial charge in [-0.1, -0.05) is 30.3 Å². The van der Waals surface area contributed by atoms with Crippen LogP contribution in [0, 0.1) is 0 Å². The molecule has 0 spiro atoms. The van der Waals surface area contributed by atoms with E-state index in [4.69, 9.17) is 0 Å². The van der Waals surface area contributed by atoms with Gasteiger partial charge in [0.15, 0.2) is 0 Å². The number of hydrogen-bond donors (Lipinski definition) is 0. The molecule has 1 aromatic carbocycles. The van der Waals surface area contributed by atoms with E-state index in [-0.39, 0.29) is 6.42 Å². The lowest BCUT2D eigenvalue weighted by Crippen LogP contribution is -2.33. The summed E-state index contributed by atoms with van der Waals surface area (Å²) in [6.07, 6.45) is 0.105. The maximum Gasteiger partial charge on any atom is 0.313 e. The van der Waals surface area contributed by atoms with Crippen LogP contribution in [0.4, 0.5) is 0 Å².